The fraction of sp³-hybridized carbons (Fsp3) is 0.429. The second-order valence-corrected chi connectivity index (χ2v) is 2.92. The van der Waals surface area contributed by atoms with Gasteiger partial charge in [0.05, 0.1) is 11.9 Å². The summed E-state index contributed by atoms with van der Waals surface area (Å²) in [7, 11) is 0. The Hall–Kier alpha value is -1.52. The normalized spacial score (nSPS) is 20.6. The maximum Gasteiger partial charge on any atom is 0.222 e. The third-order valence-electron chi connectivity index (χ3n) is 1.79. The van der Waals surface area contributed by atoms with E-state index in [1.807, 2.05) is 0 Å². The van der Waals surface area contributed by atoms with Crippen LogP contribution in [-0.2, 0) is 0 Å². The maximum absolute atomic E-state index is 5.44. The molecule has 1 aliphatic rings. The highest BCUT2D eigenvalue weighted by Gasteiger charge is 2.14. The van der Waals surface area contributed by atoms with E-state index in [0.717, 1.165) is 18.1 Å². The van der Waals surface area contributed by atoms with E-state index in [0.29, 0.717) is 12.0 Å². The molecule has 0 aliphatic carbocycles. The summed E-state index contributed by atoms with van der Waals surface area (Å²) in [4.78, 5) is 7.94. The van der Waals surface area contributed by atoms with Crippen molar-refractivity contribution >= 4 is 17.5 Å². The van der Waals surface area contributed by atoms with Gasteiger partial charge in [-0.3, -0.25) is 0 Å². The number of nitrogens with two attached hydrogens (primary N) is 1. The van der Waals surface area contributed by atoms with Gasteiger partial charge in [0.15, 0.2) is 5.82 Å². The van der Waals surface area contributed by atoms with Crippen molar-refractivity contribution in [3.63, 3.8) is 0 Å². The maximum atomic E-state index is 5.44. The summed E-state index contributed by atoms with van der Waals surface area (Å²) >= 11 is 0. The fourth-order valence-corrected chi connectivity index (χ4v) is 1.18. The van der Waals surface area contributed by atoms with Crippen molar-refractivity contribution in [3.8, 4) is 0 Å². The van der Waals surface area contributed by atoms with E-state index in [4.69, 9.17) is 5.73 Å². The molecule has 0 radical (unpaired) electrons. The van der Waals surface area contributed by atoms with Crippen molar-refractivity contribution in [2.24, 2.45) is 0 Å². The Morgan fingerprint density at radius 1 is 1.67 bits per heavy atom. The van der Waals surface area contributed by atoms with Gasteiger partial charge < -0.3 is 16.4 Å². The summed E-state index contributed by atoms with van der Waals surface area (Å²) in [6, 6.07) is 0.381. The highest BCUT2D eigenvalue weighted by molar-refractivity contribution is 5.66. The van der Waals surface area contributed by atoms with E-state index in [2.05, 4.69) is 27.5 Å². The Bertz CT molecular complexity index is 298. The number of hydrogen-bond donors (Lipinski definition) is 3. The zero-order chi connectivity index (χ0) is 8.55. The van der Waals surface area contributed by atoms with Gasteiger partial charge in [0, 0.05) is 12.6 Å². The number of hydrogen-bond acceptors (Lipinski definition) is 5. The number of fused-ring (bicyclic) bond motifs is 1. The highest BCUT2D eigenvalue weighted by atomic mass is 15.2. The van der Waals surface area contributed by atoms with E-state index >= 15 is 0 Å². The first-order chi connectivity index (χ1) is 5.75. The third kappa shape index (κ3) is 1.13. The van der Waals surface area contributed by atoms with Crippen LogP contribution >= 0.6 is 0 Å². The van der Waals surface area contributed by atoms with E-state index in [-0.39, 0.29) is 0 Å². The van der Waals surface area contributed by atoms with Crippen LogP contribution in [-0.4, -0.2) is 22.6 Å². The van der Waals surface area contributed by atoms with Crippen LogP contribution in [0.5, 0.6) is 0 Å². The van der Waals surface area contributed by atoms with Gasteiger partial charge in [-0.15, -0.1) is 0 Å². The third-order valence-corrected chi connectivity index (χ3v) is 1.79. The predicted octanol–water partition coefficient (Wildman–Crippen LogP) is 0.285. The Morgan fingerprint density at radius 3 is 3.33 bits per heavy atom. The predicted molar refractivity (Wildman–Crippen MR) is 48.0 cm³/mol. The van der Waals surface area contributed by atoms with E-state index in [1.54, 1.807) is 6.20 Å². The Balaban J connectivity index is 2.37. The zero-order valence-electron chi connectivity index (χ0n) is 6.83. The SMILES string of the molecule is CC1CNc2cnc(N)nc2N1. The molecule has 5 heteroatoms. The van der Waals surface area contributed by atoms with Gasteiger partial charge in [0.1, 0.15) is 0 Å². The topological polar surface area (TPSA) is 75.9 Å². The van der Waals surface area contributed by atoms with Crippen LogP contribution in [0.25, 0.3) is 0 Å². The molecule has 0 saturated heterocycles. The van der Waals surface area contributed by atoms with Gasteiger partial charge >= 0.3 is 0 Å². The average Bonchev–Trinajstić information content (AvgIpc) is 2.03. The fourth-order valence-electron chi connectivity index (χ4n) is 1.18. The Kier molecular flexibility index (Phi) is 1.49. The zero-order valence-corrected chi connectivity index (χ0v) is 6.83. The van der Waals surface area contributed by atoms with Crippen molar-refractivity contribution in [1.82, 2.24) is 9.97 Å². The molecule has 64 valence electrons. The summed E-state index contributed by atoms with van der Waals surface area (Å²) in [5.74, 6) is 1.10. The summed E-state index contributed by atoms with van der Waals surface area (Å²) in [6.07, 6.45) is 1.69. The number of anilines is 3. The molecule has 2 rings (SSSR count). The quantitative estimate of drug-likeness (QED) is 0.515. The van der Waals surface area contributed by atoms with Gasteiger partial charge in [0.2, 0.25) is 5.95 Å². The molecule has 1 aromatic rings. The Labute approximate surface area is 70.4 Å². The van der Waals surface area contributed by atoms with Gasteiger partial charge in [-0.2, -0.15) is 4.98 Å². The molecule has 1 atom stereocenters. The summed E-state index contributed by atoms with van der Waals surface area (Å²) < 4.78 is 0. The molecule has 1 aliphatic heterocycles. The number of nitrogens with one attached hydrogen (secondary N) is 2. The van der Waals surface area contributed by atoms with Gasteiger partial charge in [-0.1, -0.05) is 0 Å². The standard InChI is InChI=1S/C7H11N5/c1-4-2-9-5-3-10-7(8)12-6(5)11-4/h3-4,9H,2H2,1H3,(H3,8,10,11,12). The molecule has 0 bridgehead atoms. The smallest absolute Gasteiger partial charge is 0.222 e. The van der Waals surface area contributed by atoms with E-state index in [1.165, 1.54) is 0 Å². The first-order valence-corrected chi connectivity index (χ1v) is 3.88. The lowest BCUT2D eigenvalue weighted by Gasteiger charge is -2.23. The molecular formula is C7H11N5. The van der Waals surface area contributed by atoms with Crippen LogP contribution in [0, 0.1) is 0 Å². The summed E-state index contributed by atoms with van der Waals surface area (Å²) in [5, 5.41) is 6.40. The van der Waals surface area contributed by atoms with Crippen LogP contribution in [0.15, 0.2) is 6.20 Å². The minimum atomic E-state index is 0.303. The molecule has 0 amide bonds. The van der Waals surface area contributed by atoms with Crippen molar-refractivity contribution in [3.05, 3.63) is 6.20 Å². The summed E-state index contributed by atoms with van der Waals surface area (Å²) in [6.45, 7) is 2.97. The molecule has 12 heavy (non-hydrogen) atoms. The van der Waals surface area contributed by atoms with Crippen LogP contribution in [0.2, 0.25) is 0 Å². The van der Waals surface area contributed by atoms with Gasteiger partial charge in [0.25, 0.3) is 0 Å². The number of nitrogens with zero attached hydrogens (tertiary/aromatic N) is 2. The molecule has 1 aromatic heterocycles. The van der Waals surface area contributed by atoms with Gasteiger partial charge in [-0.05, 0) is 6.92 Å². The lowest BCUT2D eigenvalue weighted by atomic mass is 10.2. The average molecular weight is 165 g/mol. The van der Waals surface area contributed by atoms with Crippen LogP contribution in [0.4, 0.5) is 17.5 Å². The van der Waals surface area contributed by atoms with Crippen molar-refractivity contribution in [2.45, 2.75) is 13.0 Å². The van der Waals surface area contributed by atoms with E-state index in [9.17, 15) is 0 Å². The highest BCUT2D eigenvalue weighted by Crippen LogP contribution is 2.22. The lowest BCUT2D eigenvalue weighted by Crippen LogP contribution is -2.31. The van der Waals surface area contributed by atoms with Crippen molar-refractivity contribution in [2.75, 3.05) is 22.9 Å². The van der Waals surface area contributed by atoms with Crippen LogP contribution in [0.1, 0.15) is 6.92 Å². The van der Waals surface area contributed by atoms with E-state index < -0.39 is 0 Å². The molecule has 0 saturated carbocycles. The molecule has 2 heterocycles. The molecule has 0 fully saturated rings. The molecular weight excluding hydrogens is 154 g/mol. The van der Waals surface area contributed by atoms with Gasteiger partial charge in [-0.25, -0.2) is 4.98 Å². The second-order valence-electron chi connectivity index (χ2n) is 2.92. The largest absolute Gasteiger partial charge is 0.379 e. The molecule has 0 spiro atoms. The molecule has 5 nitrogen and oxygen atoms in total. The van der Waals surface area contributed by atoms with Crippen LogP contribution < -0.4 is 16.4 Å². The minimum Gasteiger partial charge on any atom is -0.379 e. The van der Waals surface area contributed by atoms with Crippen molar-refractivity contribution < 1.29 is 0 Å². The molecule has 4 N–H and O–H groups in total. The monoisotopic (exact) mass is 165 g/mol. The number of rotatable bonds is 0. The lowest BCUT2D eigenvalue weighted by molar-refractivity contribution is 0.805. The first kappa shape index (κ1) is 7.15. The Morgan fingerprint density at radius 2 is 2.50 bits per heavy atom. The van der Waals surface area contributed by atoms with Crippen molar-refractivity contribution in [1.29, 1.82) is 0 Å². The van der Waals surface area contributed by atoms with Crippen LogP contribution in [0.3, 0.4) is 0 Å². The number of nitrogen functional groups attached to an aromatic ring is 1. The molecule has 1 unspecified atom stereocenters. The molecule has 0 aromatic carbocycles. The second kappa shape index (κ2) is 2.51. The summed E-state index contributed by atoms with van der Waals surface area (Å²) in [5.41, 5.74) is 6.36. The first-order valence-electron chi connectivity index (χ1n) is 3.88. The number of aromatic nitrogens is 2. The minimum absolute atomic E-state index is 0.303.